The Bertz CT molecular complexity index is 946. The third kappa shape index (κ3) is 4.03. The number of nitrogens with one attached hydrogen (secondary N) is 2. The summed E-state index contributed by atoms with van der Waals surface area (Å²) >= 11 is 0. The molecule has 2 N–H and O–H groups in total. The molecule has 8 nitrogen and oxygen atoms in total. The molecule has 3 rings (SSSR count). The Morgan fingerprint density at radius 1 is 1.00 bits per heavy atom. The van der Waals surface area contributed by atoms with Gasteiger partial charge in [0, 0.05) is 0 Å². The lowest BCUT2D eigenvalue weighted by molar-refractivity contribution is -0.138. The summed E-state index contributed by atoms with van der Waals surface area (Å²) in [4.78, 5) is 25.4. The number of urea groups is 1. The predicted octanol–water partition coefficient (Wildman–Crippen LogP) is 3.04. The first-order valence-electron chi connectivity index (χ1n) is 9.38. The fourth-order valence-electron chi connectivity index (χ4n) is 3.34. The maximum atomic E-state index is 12.9. The molecule has 158 valence electrons. The maximum absolute atomic E-state index is 12.9. The van der Waals surface area contributed by atoms with Crippen LogP contribution in [0.4, 0.5) is 4.79 Å². The zero-order valence-electron chi connectivity index (χ0n) is 17.3. The average molecular weight is 412 g/mol. The van der Waals surface area contributed by atoms with Crippen LogP contribution in [0.2, 0.25) is 0 Å². The second-order valence-electron chi connectivity index (χ2n) is 6.37. The number of carbonyl (C=O) groups excluding carboxylic acids is 2. The van der Waals surface area contributed by atoms with Crippen molar-refractivity contribution in [2.75, 3.05) is 27.9 Å². The average Bonchev–Trinajstić information content (AvgIpc) is 2.78. The summed E-state index contributed by atoms with van der Waals surface area (Å²) in [6.07, 6.45) is 0. The lowest BCUT2D eigenvalue weighted by atomic mass is 9.92. The van der Waals surface area contributed by atoms with Crippen LogP contribution < -0.4 is 24.8 Å². The van der Waals surface area contributed by atoms with Crippen molar-refractivity contribution in [3.63, 3.8) is 0 Å². The molecule has 2 aromatic rings. The fourth-order valence-corrected chi connectivity index (χ4v) is 3.34. The van der Waals surface area contributed by atoms with Crippen molar-refractivity contribution < 1.29 is 28.5 Å². The first-order valence-corrected chi connectivity index (χ1v) is 9.38. The topological polar surface area (TPSA) is 95.1 Å². The van der Waals surface area contributed by atoms with E-state index in [0.29, 0.717) is 34.1 Å². The molecule has 2 aromatic carbocycles. The Morgan fingerprint density at radius 2 is 1.63 bits per heavy atom. The Hall–Kier alpha value is -3.68. The Balaban J connectivity index is 2.23. The number of hydrogen-bond acceptors (Lipinski definition) is 6. The van der Waals surface area contributed by atoms with E-state index < -0.39 is 18.0 Å². The highest BCUT2D eigenvalue weighted by Crippen LogP contribution is 2.42. The van der Waals surface area contributed by atoms with Gasteiger partial charge in [-0.25, -0.2) is 9.59 Å². The first-order chi connectivity index (χ1) is 14.5. The van der Waals surface area contributed by atoms with E-state index in [1.54, 1.807) is 19.1 Å². The summed E-state index contributed by atoms with van der Waals surface area (Å²) < 4.78 is 21.5. The number of carbonyl (C=O) groups is 2. The van der Waals surface area contributed by atoms with Crippen molar-refractivity contribution in [2.45, 2.75) is 13.0 Å². The smallest absolute Gasteiger partial charge is 0.338 e. The number of methoxy groups -OCH3 is 3. The van der Waals surface area contributed by atoms with Crippen LogP contribution in [0.25, 0.3) is 5.70 Å². The molecular formula is C22H24N2O6. The number of hydrogen-bond donors (Lipinski definition) is 2. The Morgan fingerprint density at radius 3 is 2.17 bits per heavy atom. The van der Waals surface area contributed by atoms with Gasteiger partial charge in [-0.15, -0.1) is 0 Å². The minimum absolute atomic E-state index is 0.195. The predicted molar refractivity (Wildman–Crippen MR) is 111 cm³/mol. The van der Waals surface area contributed by atoms with E-state index in [1.807, 2.05) is 30.3 Å². The van der Waals surface area contributed by atoms with Crippen LogP contribution in [0.5, 0.6) is 17.2 Å². The van der Waals surface area contributed by atoms with Gasteiger partial charge in [0.1, 0.15) is 0 Å². The van der Waals surface area contributed by atoms with Crippen LogP contribution in [0, 0.1) is 0 Å². The zero-order chi connectivity index (χ0) is 21.7. The van der Waals surface area contributed by atoms with Gasteiger partial charge in [0.25, 0.3) is 0 Å². The highest BCUT2D eigenvalue weighted by atomic mass is 16.5. The van der Waals surface area contributed by atoms with Gasteiger partial charge < -0.3 is 29.6 Å². The molecule has 0 bridgehead atoms. The lowest BCUT2D eigenvalue weighted by Crippen LogP contribution is -2.45. The molecule has 8 heteroatoms. The summed E-state index contributed by atoms with van der Waals surface area (Å²) in [5.41, 5.74) is 1.93. The van der Waals surface area contributed by atoms with Gasteiger partial charge >= 0.3 is 12.0 Å². The van der Waals surface area contributed by atoms with Gasteiger partial charge in [0.2, 0.25) is 5.75 Å². The monoisotopic (exact) mass is 412 g/mol. The van der Waals surface area contributed by atoms with Crippen molar-refractivity contribution in [2.24, 2.45) is 0 Å². The lowest BCUT2D eigenvalue weighted by Gasteiger charge is -2.30. The number of amides is 2. The number of rotatable bonds is 7. The molecule has 1 aliphatic rings. The number of ether oxygens (including phenoxy) is 4. The Labute approximate surface area is 174 Å². The molecule has 0 aliphatic carbocycles. The van der Waals surface area contributed by atoms with Gasteiger partial charge in [-0.05, 0) is 30.2 Å². The summed E-state index contributed by atoms with van der Waals surface area (Å²) in [5.74, 6) is 0.685. The molecule has 1 atom stereocenters. The highest BCUT2D eigenvalue weighted by molar-refractivity contribution is 6.04. The molecule has 0 aromatic heterocycles. The molecule has 30 heavy (non-hydrogen) atoms. The van der Waals surface area contributed by atoms with Crippen LogP contribution in [0.3, 0.4) is 0 Å². The standard InChI is InChI=1S/C22H24N2O6/c1-5-30-21(25)17-18(13-9-7-6-8-10-13)23-22(26)24-19(17)14-11-15(27-2)20(29-4)16(12-14)28-3/h6-12,19H,5H2,1-4H3,(H2,23,24,26). The molecule has 1 aliphatic heterocycles. The summed E-state index contributed by atoms with van der Waals surface area (Å²) in [7, 11) is 4.50. The molecule has 0 saturated heterocycles. The molecular weight excluding hydrogens is 388 g/mol. The van der Waals surface area contributed by atoms with E-state index >= 15 is 0 Å². The molecule has 1 heterocycles. The van der Waals surface area contributed by atoms with Crippen LogP contribution in [-0.2, 0) is 9.53 Å². The number of benzene rings is 2. The summed E-state index contributed by atoms with van der Waals surface area (Å²) in [5, 5.41) is 5.54. The van der Waals surface area contributed by atoms with E-state index in [9.17, 15) is 9.59 Å². The summed E-state index contributed by atoms with van der Waals surface area (Å²) in [6, 6.07) is 11.3. The van der Waals surface area contributed by atoms with Gasteiger partial charge in [-0.2, -0.15) is 0 Å². The van der Waals surface area contributed by atoms with Crippen molar-refractivity contribution in [3.8, 4) is 17.2 Å². The third-order valence-corrected chi connectivity index (χ3v) is 4.65. The molecule has 1 unspecified atom stereocenters. The Kier molecular flexibility index (Phi) is 6.46. The first kappa shape index (κ1) is 21.0. The highest BCUT2D eigenvalue weighted by Gasteiger charge is 2.35. The van der Waals surface area contributed by atoms with Gasteiger partial charge in [-0.3, -0.25) is 0 Å². The van der Waals surface area contributed by atoms with Crippen molar-refractivity contribution in [1.82, 2.24) is 10.6 Å². The summed E-state index contributed by atoms with van der Waals surface area (Å²) in [6.45, 7) is 1.92. The SMILES string of the molecule is CCOC(=O)C1=C(c2ccccc2)NC(=O)NC1c1cc(OC)c(OC)c(OC)c1. The maximum Gasteiger partial charge on any atom is 0.338 e. The second kappa shape index (κ2) is 9.21. The van der Waals surface area contributed by atoms with Crippen LogP contribution in [0.1, 0.15) is 24.1 Å². The molecule has 2 amide bonds. The van der Waals surface area contributed by atoms with Gasteiger partial charge in [-0.1, -0.05) is 30.3 Å². The minimum atomic E-state index is -0.790. The normalized spacial score (nSPS) is 15.7. The quantitative estimate of drug-likeness (QED) is 0.679. The third-order valence-electron chi connectivity index (χ3n) is 4.65. The fraction of sp³-hybridized carbons (Fsp3) is 0.273. The minimum Gasteiger partial charge on any atom is -0.493 e. The van der Waals surface area contributed by atoms with Gasteiger partial charge in [0.15, 0.2) is 11.5 Å². The van der Waals surface area contributed by atoms with E-state index in [1.165, 1.54) is 21.3 Å². The molecule has 0 fully saturated rings. The molecule has 0 radical (unpaired) electrons. The zero-order valence-corrected chi connectivity index (χ0v) is 17.3. The van der Waals surface area contributed by atoms with Crippen LogP contribution in [0.15, 0.2) is 48.0 Å². The van der Waals surface area contributed by atoms with E-state index in [-0.39, 0.29) is 12.2 Å². The second-order valence-corrected chi connectivity index (χ2v) is 6.37. The molecule has 0 saturated carbocycles. The number of esters is 1. The van der Waals surface area contributed by atoms with Crippen LogP contribution >= 0.6 is 0 Å². The van der Waals surface area contributed by atoms with E-state index in [0.717, 1.165) is 0 Å². The van der Waals surface area contributed by atoms with E-state index in [2.05, 4.69) is 10.6 Å². The molecule has 0 spiro atoms. The largest absolute Gasteiger partial charge is 0.493 e. The van der Waals surface area contributed by atoms with Crippen molar-refractivity contribution in [3.05, 3.63) is 59.2 Å². The van der Waals surface area contributed by atoms with Gasteiger partial charge in [0.05, 0.1) is 45.2 Å². The van der Waals surface area contributed by atoms with E-state index in [4.69, 9.17) is 18.9 Å². The van der Waals surface area contributed by atoms with Crippen LogP contribution in [-0.4, -0.2) is 39.9 Å². The van der Waals surface area contributed by atoms with Crippen molar-refractivity contribution in [1.29, 1.82) is 0 Å². The van der Waals surface area contributed by atoms with Crippen molar-refractivity contribution >= 4 is 17.7 Å².